The van der Waals surface area contributed by atoms with E-state index in [1.807, 2.05) is 4.90 Å². The van der Waals surface area contributed by atoms with Crippen molar-refractivity contribution in [1.82, 2.24) is 9.97 Å². The van der Waals surface area contributed by atoms with Gasteiger partial charge in [-0.2, -0.15) is 5.26 Å². The van der Waals surface area contributed by atoms with Gasteiger partial charge < -0.3 is 9.64 Å². The number of esters is 1. The van der Waals surface area contributed by atoms with Crippen LogP contribution in [0.2, 0.25) is 0 Å². The Labute approximate surface area is 125 Å². The summed E-state index contributed by atoms with van der Waals surface area (Å²) < 4.78 is 4.96. The normalized spacial score (nSPS) is 10.3. The van der Waals surface area contributed by atoms with Crippen LogP contribution in [0, 0.1) is 24.2 Å². The molecule has 0 aliphatic heterocycles. The lowest BCUT2D eigenvalue weighted by Gasteiger charge is -2.23. The number of rotatable bonds is 7. The van der Waals surface area contributed by atoms with Crippen LogP contribution < -0.4 is 4.90 Å². The van der Waals surface area contributed by atoms with Crippen molar-refractivity contribution < 1.29 is 9.53 Å². The SMILES string of the molecule is CCOC(=O)c1cnc(N(CCC#N)CC(C)C)nc1C. The summed E-state index contributed by atoms with van der Waals surface area (Å²) in [6.45, 7) is 9.37. The first-order chi connectivity index (χ1) is 9.99. The van der Waals surface area contributed by atoms with Crippen LogP contribution in [0.1, 0.15) is 43.2 Å². The van der Waals surface area contributed by atoms with Gasteiger partial charge in [0.05, 0.1) is 30.4 Å². The van der Waals surface area contributed by atoms with E-state index in [-0.39, 0.29) is 0 Å². The van der Waals surface area contributed by atoms with E-state index in [1.165, 1.54) is 6.20 Å². The van der Waals surface area contributed by atoms with Crippen LogP contribution in [0.4, 0.5) is 5.95 Å². The van der Waals surface area contributed by atoms with E-state index in [0.29, 0.717) is 42.7 Å². The average Bonchev–Trinajstić information content (AvgIpc) is 2.43. The predicted molar refractivity (Wildman–Crippen MR) is 80.0 cm³/mol. The number of hydrogen-bond acceptors (Lipinski definition) is 6. The highest BCUT2D eigenvalue weighted by atomic mass is 16.5. The fourth-order valence-electron chi connectivity index (χ4n) is 1.92. The lowest BCUT2D eigenvalue weighted by molar-refractivity contribution is 0.0524. The molecular weight excluding hydrogens is 268 g/mol. The highest BCUT2D eigenvalue weighted by Crippen LogP contribution is 2.14. The van der Waals surface area contributed by atoms with Crippen molar-refractivity contribution >= 4 is 11.9 Å². The molecule has 0 aromatic carbocycles. The summed E-state index contributed by atoms with van der Waals surface area (Å²) in [4.78, 5) is 22.3. The largest absolute Gasteiger partial charge is 0.462 e. The minimum atomic E-state index is -0.408. The molecule has 0 aliphatic rings. The van der Waals surface area contributed by atoms with Crippen molar-refractivity contribution in [3.8, 4) is 6.07 Å². The molecule has 6 heteroatoms. The summed E-state index contributed by atoms with van der Waals surface area (Å²) in [7, 11) is 0. The predicted octanol–water partition coefficient (Wildman–Crippen LogP) is 2.34. The van der Waals surface area contributed by atoms with Crippen LogP contribution >= 0.6 is 0 Å². The lowest BCUT2D eigenvalue weighted by atomic mass is 10.2. The molecule has 0 saturated heterocycles. The molecule has 0 unspecified atom stereocenters. The molecule has 1 rings (SSSR count). The average molecular weight is 290 g/mol. The minimum Gasteiger partial charge on any atom is -0.462 e. The van der Waals surface area contributed by atoms with Gasteiger partial charge in [-0.15, -0.1) is 0 Å². The lowest BCUT2D eigenvalue weighted by Crippen LogP contribution is -2.30. The standard InChI is InChI=1S/C15H22N4O2/c1-5-21-14(20)13-9-17-15(18-12(13)4)19(8-6-7-16)10-11(2)3/h9,11H,5-6,8,10H2,1-4H3. The van der Waals surface area contributed by atoms with Gasteiger partial charge in [0.25, 0.3) is 0 Å². The maximum Gasteiger partial charge on any atom is 0.341 e. The number of aromatic nitrogens is 2. The van der Waals surface area contributed by atoms with Crippen molar-refractivity contribution in [3.63, 3.8) is 0 Å². The number of nitrogens with zero attached hydrogens (tertiary/aromatic N) is 4. The van der Waals surface area contributed by atoms with Crippen molar-refractivity contribution in [2.45, 2.75) is 34.1 Å². The number of ether oxygens (including phenoxy) is 1. The van der Waals surface area contributed by atoms with E-state index in [1.54, 1.807) is 13.8 Å². The zero-order chi connectivity index (χ0) is 15.8. The van der Waals surface area contributed by atoms with Crippen LogP contribution in [0.3, 0.4) is 0 Å². The van der Waals surface area contributed by atoms with Gasteiger partial charge in [0.15, 0.2) is 0 Å². The first-order valence-corrected chi connectivity index (χ1v) is 7.12. The molecule has 0 aliphatic carbocycles. The fraction of sp³-hybridized carbons (Fsp3) is 0.600. The van der Waals surface area contributed by atoms with Gasteiger partial charge in [0.2, 0.25) is 5.95 Å². The number of carbonyl (C=O) groups excluding carboxylic acids is 1. The molecule has 0 amide bonds. The molecule has 0 fully saturated rings. The highest BCUT2D eigenvalue weighted by molar-refractivity contribution is 5.90. The number of nitriles is 1. The second-order valence-corrected chi connectivity index (χ2v) is 5.14. The Morgan fingerprint density at radius 2 is 2.24 bits per heavy atom. The summed E-state index contributed by atoms with van der Waals surface area (Å²) in [6, 6.07) is 2.13. The van der Waals surface area contributed by atoms with E-state index >= 15 is 0 Å². The van der Waals surface area contributed by atoms with Gasteiger partial charge in [-0.05, 0) is 19.8 Å². The summed E-state index contributed by atoms with van der Waals surface area (Å²) in [5, 5.41) is 8.75. The van der Waals surface area contributed by atoms with Crippen molar-refractivity contribution in [1.29, 1.82) is 5.26 Å². The number of hydrogen-bond donors (Lipinski definition) is 0. The quantitative estimate of drug-likeness (QED) is 0.717. The van der Waals surface area contributed by atoms with E-state index in [0.717, 1.165) is 6.54 Å². The molecule has 0 N–H and O–H groups in total. The molecule has 1 aromatic heterocycles. The monoisotopic (exact) mass is 290 g/mol. The van der Waals surface area contributed by atoms with Crippen molar-refractivity contribution in [2.24, 2.45) is 5.92 Å². The topological polar surface area (TPSA) is 79.1 Å². The molecular formula is C15H22N4O2. The third-order valence-corrected chi connectivity index (χ3v) is 2.82. The zero-order valence-electron chi connectivity index (χ0n) is 13.1. The second-order valence-electron chi connectivity index (χ2n) is 5.14. The molecule has 0 spiro atoms. The van der Waals surface area contributed by atoms with Gasteiger partial charge in [0, 0.05) is 19.3 Å². The first kappa shape index (κ1) is 16.9. The zero-order valence-corrected chi connectivity index (χ0v) is 13.1. The molecule has 1 aromatic rings. The minimum absolute atomic E-state index is 0.321. The van der Waals surface area contributed by atoms with Crippen LogP contribution in [-0.4, -0.2) is 35.6 Å². The maximum atomic E-state index is 11.7. The Morgan fingerprint density at radius 3 is 2.76 bits per heavy atom. The Balaban J connectivity index is 2.97. The molecule has 0 saturated carbocycles. The van der Waals surface area contributed by atoms with E-state index in [9.17, 15) is 4.79 Å². The summed E-state index contributed by atoms with van der Waals surface area (Å²) >= 11 is 0. The van der Waals surface area contributed by atoms with Crippen LogP contribution in [0.15, 0.2) is 6.20 Å². The molecule has 0 atom stereocenters. The summed E-state index contributed by atoms with van der Waals surface area (Å²) in [6.07, 6.45) is 1.91. The van der Waals surface area contributed by atoms with Gasteiger partial charge in [-0.1, -0.05) is 13.8 Å². The molecule has 6 nitrogen and oxygen atoms in total. The van der Waals surface area contributed by atoms with E-state index in [4.69, 9.17) is 10.00 Å². The van der Waals surface area contributed by atoms with Gasteiger partial charge >= 0.3 is 5.97 Å². The van der Waals surface area contributed by atoms with Crippen LogP contribution in [0.5, 0.6) is 0 Å². The Hall–Kier alpha value is -2.16. The fourth-order valence-corrected chi connectivity index (χ4v) is 1.92. The molecule has 21 heavy (non-hydrogen) atoms. The third-order valence-electron chi connectivity index (χ3n) is 2.82. The Morgan fingerprint density at radius 1 is 1.52 bits per heavy atom. The summed E-state index contributed by atoms with van der Waals surface area (Å²) in [5.41, 5.74) is 0.967. The number of aryl methyl sites for hydroxylation is 1. The second kappa shape index (κ2) is 8.20. The van der Waals surface area contributed by atoms with Crippen LogP contribution in [-0.2, 0) is 4.74 Å². The van der Waals surface area contributed by atoms with Crippen molar-refractivity contribution in [3.05, 3.63) is 17.5 Å². The van der Waals surface area contributed by atoms with Gasteiger partial charge in [-0.3, -0.25) is 0 Å². The number of carbonyl (C=O) groups is 1. The van der Waals surface area contributed by atoms with Gasteiger partial charge in [0.1, 0.15) is 0 Å². The third kappa shape index (κ3) is 5.03. The Kier molecular flexibility index (Phi) is 6.60. The highest BCUT2D eigenvalue weighted by Gasteiger charge is 2.16. The van der Waals surface area contributed by atoms with Crippen molar-refractivity contribution in [2.75, 3.05) is 24.6 Å². The van der Waals surface area contributed by atoms with E-state index in [2.05, 4.69) is 29.9 Å². The van der Waals surface area contributed by atoms with Gasteiger partial charge in [-0.25, -0.2) is 14.8 Å². The summed E-state index contributed by atoms with van der Waals surface area (Å²) in [5.74, 6) is 0.566. The molecule has 1 heterocycles. The van der Waals surface area contributed by atoms with E-state index < -0.39 is 5.97 Å². The van der Waals surface area contributed by atoms with Crippen LogP contribution in [0.25, 0.3) is 0 Å². The first-order valence-electron chi connectivity index (χ1n) is 7.12. The maximum absolute atomic E-state index is 11.7. The molecule has 0 bridgehead atoms. The smallest absolute Gasteiger partial charge is 0.341 e. The number of anilines is 1. The molecule has 0 radical (unpaired) electrons. The molecule has 114 valence electrons. The Bertz CT molecular complexity index is 523.